The number of urea groups is 1. The number of aryl methyl sites for hydroxylation is 1. The maximum absolute atomic E-state index is 12.5. The lowest BCUT2D eigenvalue weighted by atomic mass is 10.0. The molecule has 6 heteroatoms. The van der Waals surface area contributed by atoms with Gasteiger partial charge in [0.05, 0.1) is 0 Å². The molecule has 3 N–H and O–H groups in total. The largest absolute Gasteiger partial charge is 0.354 e. The number of benzene rings is 1. The summed E-state index contributed by atoms with van der Waals surface area (Å²) >= 11 is 1.68. The molecule has 2 aromatic rings. The van der Waals surface area contributed by atoms with Crippen LogP contribution < -0.4 is 16.0 Å². The number of hydrogen-bond donors (Lipinski definition) is 3. The van der Waals surface area contributed by atoms with E-state index in [1.165, 1.54) is 10.4 Å². The minimum absolute atomic E-state index is 0.134. The zero-order chi connectivity index (χ0) is 19.6. The summed E-state index contributed by atoms with van der Waals surface area (Å²) < 4.78 is 0. The highest BCUT2D eigenvalue weighted by molar-refractivity contribution is 7.09. The van der Waals surface area contributed by atoms with E-state index >= 15 is 0 Å². The first-order valence-electron chi connectivity index (χ1n) is 9.34. The Bertz CT molecular complexity index is 712. The van der Waals surface area contributed by atoms with Crippen LogP contribution >= 0.6 is 11.3 Å². The third-order valence-electron chi connectivity index (χ3n) is 4.15. The summed E-state index contributed by atoms with van der Waals surface area (Å²) in [6.45, 7) is 7.11. The topological polar surface area (TPSA) is 70.2 Å². The first-order valence-corrected chi connectivity index (χ1v) is 10.2. The van der Waals surface area contributed by atoms with Gasteiger partial charge in [-0.2, -0.15) is 0 Å². The number of thiophene rings is 1. The van der Waals surface area contributed by atoms with Gasteiger partial charge in [0.2, 0.25) is 5.91 Å². The molecule has 0 aliphatic carbocycles. The minimum Gasteiger partial charge on any atom is -0.354 e. The van der Waals surface area contributed by atoms with Crippen LogP contribution in [-0.2, 0) is 17.8 Å². The Kier molecular flexibility index (Phi) is 8.33. The van der Waals surface area contributed by atoms with Gasteiger partial charge in [-0.15, -0.1) is 11.3 Å². The summed E-state index contributed by atoms with van der Waals surface area (Å²) in [5.41, 5.74) is 2.20. The monoisotopic (exact) mass is 387 g/mol. The van der Waals surface area contributed by atoms with Crippen molar-refractivity contribution in [1.82, 2.24) is 16.0 Å². The molecule has 0 bridgehead atoms. The Labute approximate surface area is 165 Å². The minimum atomic E-state index is -0.536. The molecular weight excluding hydrogens is 358 g/mol. The highest BCUT2D eigenvalue weighted by atomic mass is 32.1. The van der Waals surface area contributed by atoms with Crippen molar-refractivity contribution in [2.75, 3.05) is 6.54 Å². The maximum atomic E-state index is 12.5. The van der Waals surface area contributed by atoms with E-state index in [9.17, 15) is 9.59 Å². The lowest BCUT2D eigenvalue weighted by molar-refractivity contribution is -0.123. The Morgan fingerprint density at radius 2 is 1.81 bits per heavy atom. The lowest BCUT2D eigenvalue weighted by Gasteiger charge is -2.20. The van der Waals surface area contributed by atoms with Gasteiger partial charge >= 0.3 is 6.03 Å². The summed E-state index contributed by atoms with van der Waals surface area (Å²) in [5, 5.41) is 10.6. The normalized spacial score (nSPS) is 11.9. The Balaban J connectivity index is 1.81. The average Bonchev–Trinajstić information content (AvgIpc) is 3.13. The highest BCUT2D eigenvalue weighted by Gasteiger charge is 2.21. The van der Waals surface area contributed by atoms with Gasteiger partial charge in [-0.05, 0) is 42.7 Å². The SMILES string of the molecule is Cc1ccc(CNC(=O)NC(CC(C)C)C(=O)NCCc2cccs2)cc1. The van der Waals surface area contributed by atoms with E-state index < -0.39 is 6.04 Å². The van der Waals surface area contributed by atoms with Crippen LogP contribution in [0.3, 0.4) is 0 Å². The number of amides is 3. The standard InChI is InChI=1S/C21H29N3O2S/c1-15(2)13-19(20(25)22-11-10-18-5-4-12-27-18)24-21(26)23-14-17-8-6-16(3)7-9-17/h4-9,12,15,19H,10-11,13-14H2,1-3H3,(H,22,25)(H2,23,24,26). The van der Waals surface area contributed by atoms with Gasteiger partial charge in [0.1, 0.15) is 6.04 Å². The molecule has 1 aromatic heterocycles. The first-order chi connectivity index (χ1) is 12.9. The molecule has 0 saturated heterocycles. The third-order valence-corrected chi connectivity index (χ3v) is 5.09. The molecule has 146 valence electrons. The van der Waals surface area contributed by atoms with E-state index in [2.05, 4.69) is 22.0 Å². The van der Waals surface area contributed by atoms with Crippen molar-refractivity contribution < 1.29 is 9.59 Å². The zero-order valence-electron chi connectivity index (χ0n) is 16.2. The molecule has 0 saturated carbocycles. The first kappa shape index (κ1) is 21.0. The van der Waals surface area contributed by atoms with Crippen molar-refractivity contribution >= 4 is 23.3 Å². The molecule has 0 spiro atoms. The van der Waals surface area contributed by atoms with Gasteiger partial charge < -0.3 is 16.0 Å². The van der Waals surface area contributed by atoms with E-state index in [4.69, 9.17) is 0 Å². The predicted molar refractivity (Wildman–Crippen MR) is 111 cm³/mol. The molecule has 0 radical (unpaired) electrons. The Morgan fingerprint density at radius 1 is 1.07 bits per heavy atom. The fraction of sp³-hybridized carbons (Fsp3) is 0.429. The van der Waals surface area contributed by atoms with Crippen LogP contribution in [0.25, 0.3) is 0 Å². The second kappa shape index (κ2) is 10.7. The van der Waals surface area contributed by atoms with Crippen molar-refractivity contribution in [2.24, 2.45) is 5.92 Å². The fourth-order valence-electron chi connectivity index (χ4n) is 2.69. The van der Waals surface area contributed by atoms with E-state index in [-0.39, 0.29) is 11.9 Å². The molecule has 0 aliphatic rings. The van der Waals surface area contributed by atoms with Crippen molar-refractivity contribution in [2.45, 2.75) is 46.2 Å². The average molecular weight is 388 g/mol. The van der Waals surface area contributed by atoms with Crippen LogP contribution in [0.4, 0.5) is 4.79 Å². The van der Waals surface area contributed by atoms with Crippen LogP contribution in [0, 0.1) is 12.8 Å². The fourth-order valence-corrected chi connectivity index (χ4v) is 3.40. The maximum Gasteiger partial charge on any atom is 0.315 e. The molecule has 1 unspecified atom stereocenters. The smallest absolute Gasteiger partial charge is 0.315 e. The van der Waals surface area contributed by atoms with Gasteiger partial charge in [-0.25, -0.2) is 4.79 Å². The quantitative estimate of drug-likeness (QED) is 0.615. The molecule has 0 fully saturated rings. The third kappa shape index (κ3) is 7.83. The number of carbonyl (C=O) groups excluding carboxylic acids is 2. The molecule has 2 rings (SSSR count). The second-order valence-electron chi connectivity index (χ2n) is 7.12. The summed E-state index contributed by atoms with van der Waals surface area (Å²) in [4.78, 5) is 26.0. The number of nitrogens with one attached hydrogen (secondary N) is 3. The Hall–Kier alpha value is -2.34. The van der Waals surface area contributed by atoms with Crippen molar-refractivity contribution in [3.05, 3.63) is 57.8 Å². The van der Waals surface area contributed by atoms with E-state index in [0.29, 0.717) is 25.4 Å². The summed E-state index contributed by atoms with van der Waals surface area (Å²) in [6.07, 6.45) is 1.40. The van der Waals surface area contributed by atoms with E-state index in [1.54, 1.807) is 11.3 Å². The molecular formula is C21H29N3O2S. The predicted octanol–water partition coefficient (Wildman–Crippen LogP) is 3.63. The van der Waals surface area contributed by atoms with Gasteiger partial charge in [-0.1, -0.05) is 49.7 Å². The van der Waals surface area contributed by atoms with E-state index in [0.717, 1.165) is 12.0 Å². The van der Waals surface area contributed by atoms with Crippen LogP contribution in [-0.4, -0.2) is 24.5 Å². The highest BCUT2D eigenvalue weighted by Crippen LogP contribution is 2.09. The Morgan fingerprint density at radius 3 is 2.44 bits per heavy atom. The van der Waals surface area contributed by atoms with Gasteiger partial charge in [0.15, 0.2) is 0 Å². The van der Waals surface area contributed by atoms with Crippen LogP contribution in [0.1, 0.15) is 36.3 Å². The molecule has 5 nitrogen and oxygen atoms in total. The summed E-state index contributed by atoms with van der Waals surface area (Å²) in [7, 11) is 0. The molecule has 1 atom stereocenters. The van der Waals surface area contributed by atoms with Crippen molar-refractivity contribution in [3.8, 4) is 0 Å². The van der Waals surface area contributed by atoms with Crippen LogP contribution in [0.15, 0.2) is 41.8 Å². The summed E-state index contributed by atoms with van der Waals surface area (Å²) in [5.74, 6) is 0.168. The molecule has 0 aliphatic heterocycles. The number of hydrogen-bond acceptors (Lipinski definition) is 3. The molecule has 27 heavy (non-hydrogen) atoms. The summed E-state index contributed by atoms with van der Waals surface area (Å²) in [6, 6.07) is 11.2. The molecule has 1 aromatic carbocycles. The molecule has 3 amide bonds. The lowest BCUT2D eigenvalue weighted by Crippen LogP contribution is -2.50. The van der Waals surface area contributed by atoms with Crippen molar-refractivity contribution in [3.63, 3.8) is 0 Å². The number of rotatable bonds is 9. The van der Waals surface area contributed by atoms with Crippen molar-refractivity contribution in [1.29, 1.82) is 0 Å². The van der Waals surface area contributed by atoms with Crippen LogP contribution in [0.5, 0.6) is 0 Å². The zero-order valence-corrected chi connectivity index (χ0v) is 17.1. The van der Waals surface area contributed by atoms with Gasteiger partial charge in [-0.3, -0.25) is 4.79 Å². The van der Waals surface area contributed by atoms with Crippen LogP contribution in [0.2, 0.25) is 0 Å². The number of carbonyl (C=O) groups is 2. The second-order valence-corrected chi connectivity index (χ2v) is 8.15. The van der Waals surface area contributed by atoms with E-state index in [1.807, 2.05) is 56.5 Å². The van der Waals surface area contributed by atoms with Gasteiger partial charge in [0, 0.05) is 18.0 Å². The van der Waals surface area contributed by atoms with Gasteiger partial charge in [0.25, 0.3) is 0 Å². The molecule has 1 heterocycles.